The quantitative estimate of drug-likeness (QED) is 0.510. The molecule has 0 atom stereocenters. The van der Waals surface area contributed by atoms with Crippen molar-refractivity contribution in [1.29, 1.82) is 0 Å². The lowest BCUT2D eigenvalue weighted by atomic mass is 10.3. The number of para-hydroxylation sites is 1. The van der Waals surface area contributed by atoms with Gasteiger partial charge in [0.05, 0.1) is 0 Å². The minimum absolute atomic E-state index is 0.578. The molecule has 0 aliphatic carbocycles. The van der Waals surface area contributed by atoms with E-state index in [1.54, 1.807) is 10.6 Å². The summed E-state index contributed by atoms with van der Waals surface area (Å²) in [5.74, 6) is -7.96. The number of halogens is 4. The number of anilines is 1. The maximum Gasteiger partial charge on any atom is 0.314 e. The van der Waals surface area contributed by atoms with Gasteiger partial charge in [-0.1, -0.05) is 19.2 Å². The molecular formula is C14H10F4N2O2. The van der Waals surface area contributed by atoms with Crippen LogP contribution in [0.2, 0.25) is 0 Å². The molecule has 2 N–H and O–H groups in total. The molecule has 0 unspecified atom stereocenters. The number of allylic oxidation sites excluding steroid dienone is 3. The molecule has 0 bridgehead atoms. The summed E-state index contributed by atoms with van der Waals surface area (Å²) in [7, 11) is 0. The molecule has 116 valence electrons. The van der Waals surface area contributed by atoms with Crippen molar-refractivity contribution in [2.45, 2.75) is 0 Å². The smallest absolute Gasteiger partial charge is 0.313 e. The molecule has 0 saturated heterocycles. The van der Waals surface area contributed by atoms with E-state index in [4.69, 9.17) is 0 Å². The van der Waals surface area contributed by atoms with Crippen molar-refractivity contribution in [3.63, 3.8) is 0 Å². The minimum atomic E-state index is -1.55. The standard InChI is InChI=1S/C14H10F4N2O2/c1-3-8(16)11(7(2)15)19-13(21)14(22)20-12-9(17)5-4-6-10(12)18/h3-6H,1-2H2,(H,19,21)(H,20,22)/b11-8-. The largest absolute Gasteiger partial charge is 0.314 e. The Balaban J connectivity index is 2.93. The van der Waals surface area contributed by atoms with Crippen LogP contribution in [0.25, 0.3) is 0 Å². The lowest BCUT2D eigenvalue weighted by Crippen LogP contribution is -2.35. The second kappa shape index (κ2) is 7.21. The van der Waals surface area contributed by atoms with E-state index in [-0.39, 0.29) is 0 Å². The maximum absolute atomic E-state index is 13.3. The van der Waals surface area contributed by atoms with Gasteiger partial charge in [-0.15, -0.1) is 0 Å². The van der Waals surface area contributed by atoms with Gasteiger partial charge in [0.25, 0.3) is 0 Å². The molecule has 4 nitrogen and oxygen atoms in total. The van der Waals surface area contributed by atoms with Gasteiger partial charge in [-0.25, -0.2) is 17.6 Å². The van der Waals surface area contributed by atoms with Crippen molar-refractivity contribution in [2.75, 3.05) is 5.32 Å². The first-order valence-corrected chi connectivity index (χ1v) is 5.71. The van der Waals surface area contributed by atoms with Crippen molar-refractivity contribution < 1.29 is 27.2 Å². The van der Waals surface area contributed by atoms with Crippen LogP contribution >= 0.6 is 0 Å². The van der Waals surface area contributed by atoms with Crippen molar-refractivity contribution in [3.05, 3.63) is 66.4 Å². The number of nitrogens with one attached hydrogen (secondary N) is 2. The lowest BCUT2D eigenvalue weighted by Gasteiger charge is -2.09. The Hall–Kier alpha value is -2.90. The van der Waals surface area contributed by atoms with Gasteiger partial charge >= 0.3 is 11.8 Å². The number of carbonyl (C=O) groups is 2. The molecule has 22 heavy (non-hydrogen) atoms. The van der Waals surface area contributed by atoms with Gasteiger partial charge in [0.15, 0.2) is 0 Å². The molecule has 0 spiro atoms. The third kappa shape index (κ3) is 4.05. The SMILES string of the molecule is C=C/C(F)=C(/NC(=O)C(=O)Nc1c(F)cccc1F)C(=C)F. The van der Waals surface area contributed by atoms with Crippen molar-refractivity contribution in [3.8, 4) is 0 Å². The molecule has 0 fully saturated rings. The van der Waals surface area contributed by atoms with Gasteiger partial charge in [0, 0.05) is 0 Å². The summed E-state index contributed by atoms with van der Waals surface area (Å²) in [6.07, 6.45) is 0.578. The second-order valence-corrected chi connectivity index (χ2v) is 3.84. The Morgan fingerprint density at radius 2 is 1.64 bits per heavy atom. The normalized spacial score (nSPS) is 11.3. The van der Waals surface area contributed by atoms with E-state index in [0.717, 1.165) is 18.2 Å². The van der Waals surface area contributed by atoms with Crippen LogP contribution in [-0.4, -0.2) is 11.8 Å². The fraction of sp³-hybridized carbons (Fsp3) is 0. The van der Waals surface area contributed by atoms with Crippen LogP contribution < -0.4 is 10.6 Å². The highest BCUT2D eigenvalue weighted by Crippen LogP contribution is 2.18. The third-order valence-corrected chi connectivity index (χ3v) is 2.34. The van der Waals surface area contributed by atoms with E-state index < -0.39 is 46.5 Å². The molecule has 1 aromatic carbocycles. The summed E-state index contributed by atoms with van der Waals surface area (Å²) in [5, 5.41) is 3.24. The van der Waals surface area contributed by atoms with E-state index in [0.29, 0.717) is 6.08 Å². The number of benzene rings is 1. The molecule has 0 heterocycles. The number of hydrogen-bond acceptors (Lipinski definition) is 2. The van der Waals surface area contributed by atoms with Crippen LogP contribution in [0.1, 0.15) is 0 Å². The first-order chi connectivity index (χ1) is 10.3. The molecule has 1 aromatic rings. The Kier molecular flexibility index (Phi) is 5.62. The van der Waals surface area contributed by atoms with E-state index >= 15 is 0 Å². The zero-order valence-electron chi connectivity index (χ0n) is 11.1. The third-order valence-electron chi connectivity index (χ3n) is 2.34. The van der Waals surface area contributed by atoms with Gasteiger partial charge in [0.1, 0.15) is 34.7 Å². The molecule has 8 heteroatoms. The van der Waals surface area contributed by atoms with Crippen LogP contribution in [0.3, 0.4) is 0 Å². The fourth-order valence-electron chi connectivity index (χ4n) is 1.32. The van der Waals surface area contributed by atoms with Crippen molar-refractivity contribution in [2.24, 2.45) is 0 Å². The predicted octanol–water partition coefficient (Wildman–Crippen LogP) is 2.87. The maximum atomic E-state index is 13.3. The molecule has 1 rings (SSSR count). The molecule has 2 amide bonds. The lowest BCUT2D eigenvalue weighted by molar-refractivity contribution is -0.135. The highest BCUT2D eigenvalue weighted by molar-refractivity contribution is 6.40. The van der Waals surface area contributed by atoms with Crippen molar-refractivity contribution >= 4 is 17.5 Å². The van der Waals surface area contributed by atoms with Gasteiger partial charge < -0.3 is 10.6 Å². The Bertz CT molecular complexity index is 663. The van der Waals surface area contributed by atoms with Crippen LogP contribution in [0.4, 0.5) is 23.2 Å². The number of rotatable bonds is 4. The van der Waals surface area contributed by atoms with Gasteiger partial charge in [-0.3, -0.25) is 9.59 Å². The Morgan fingerprint density at radius 3 is 2.09 bits per heavy atom. The summed E-state index contributed by atoms with van der Waals surface area (Å²) in [6, 6.07) is 2.75. The Labute approximate surface area is 122 Å². The first kappa shape index (κ1) is 17.2. The van der Waals surface area contributed by atoms with Gasteiger partial charge in [-0.05, 0) is 18.2 Å². The highest BCUT2D eigenvalue weighted by atomic mass is 19.1. The summed E-state index contributed by atoms with van der Waals surface area (Å²) in [6.45, 7) is 5.79. The topological polar surface area (TPSA) is 58.2 Å². The van der Waals surface area contributed by atoms with Crippen LogP contribution in [0.15, 0.2) is 54.8 Å². The van der Waals surface area contributed by atoms with E-state index in [9.17, 15) is 27.2 Å². The first-order valence-electron chi connectivity index (χ1n) is 5.71. The zero-order valence-corrected chi connectivity index (χ0v) is 11.1. The number of carbonyl (C=O) groups excluding carboxylic acids is 2. The average molecular weight is 314 g/mol. The van der Waals surface area contributed by atoms with Crippen LogP contribution in [0.5, 0.6) is 0 Å². The fourth-order valence-corrected chi connectivity index (χ4v) is 1.32. The van der Waals surface area contributed by atoms with Crippen molar-refractivity contribution in [1.82, 2.24) is 5.32 Å². The van der Waals surface area contributed by atoms with E-state index in [1.807, 2.05) is 0 Å². The molecule has 0 aliphatic rings. The molecule has 0 radical (unpaired) electrons. The molecule has 0 aliphatic heterocycles. The number of amides is 2. The summed E-state index contributed by atoms with van der Waals surface area (Å²) in [4.78, 5) is 23.0. The average Bonchev–Trinajstić information content (AvgIpc) is 2.47. The molecule has 0 aromatic heterocycles. The Morgan fingerprint density at radius 1 is 1.09 bits per heavy atom. The predicted molar refractivity (Wildman–Crippen MR) is 71.7 cm³/mol. The molecular weight excluding hydrogens is 304 g/mol. The van der Waals surface area contributed by atoms with Gasteiger partial charge in [0.2, 0.25) is 0 Å². The van der Waals surface area contributed by atoms with Crippen LogP contribution in [0, 0.1) is 11.6 Å². The summed E-state index contributed by atoms with van der Waals surface area (Å²) in [5.41, 5.74) is -1.87. The van der Waals surface area contributed by atoms with Crippen LogP contribution in [-0.2, 0) is 9.59 Å². The minimum Gasteiger partial charge on any atom is -0.313 e. The summed E-state index contributed by atoms with van der Waals surface area (Å²) >= 11 is 0. The highest BCUT2D eigenvalue weighted by Gasteiger charge is 2.21. The van der Waals surface area contributed by atoms with E-state index in [2.05, 4.69) is 13.2 Å². The second-order valence-electron chi connectivity index (χ2n) is 3.84. The molecule has 0 saturated carbocycles. The number of hydrogen-bond donors (Lipinski definition) is 2. The van der Waals surface area contributed by atoms with E-state index in [1.165, 1.54) is 0 Å². The summed E-state index contributed by atoms with van der Waals surface area (Å²) < 4.78 is 52.8. The zero-order chi connectivity index (χ0) is 16.9. The monoisotopic (exact) mass is 314 g/mol. The van der Waals surface area contributed by atoms with Gasteiger partial charge in [-0.2, -0.15) is 0 Å².